The topological polar surface area (TPSA) is 58.2 Å². The van der Waals surface area contributed by atoms with E-state index in [4.69, 9.17) is 34.8 Å². The molecule has 0 bridgehead atoms. The van der Waals surface area contributed by atoms with Crippen molar-refractivity contribution < 1.29 is 35.9 Å². The summed E-state index contributed by atoms with van der Waals surface area (Å²) < 4.78 is 78.1. The molecule has 2 amide bonds. The van der Waals surface area contributed by atoms with Crippen molar-refractivity contribution in [3.05, 3.63) is 80.3 Å². The zero-order chi connectivity index (χ0) is 28.1. The summed E-state index contributed by atoms with van der Waals surface area (Å²) in [5.41, 5.74) is 0.263. The first kappa shape index (κ1) is 30.5. The van der Waals surface area contributed by atoms with Crippen molar-refractivity contribution in [1.82, 2.24) is 10.6 Å². The van der Waals surface area contributed by atoms with Crippen LogP contribution in [0.2, 0.25) is 15.1 Å². The van der Waals surface area contributed by atoms with Gasteiger partial charge in [-0.15, -0.1) is 0 Å². The molecule has 0 fully saturated rings. The van der Waals surface area contributed by atoms with E-state index in [0.29, 0.717) is 0 Å². The maximum absolute atomic E-state index is 13.8. The van der Waals surface area contributed by atoms with Crippen molar-refractivity contribution in [1.29, 1.82) is 0 Å². The molecule has 0 saturated carbocycles. The third kappa shape index (κ3) is 8.69. The molecule has 0 aromatic heterocycles. The molecule has 0 saturated heterocycles. The number of benzene rings is 2. The Balaban J connectivity index is 2.26. The molecule has 0 heterocycles. The predicted octanol–water partition coefficient (Wildman–Crippen LogP) is 7.45. The van der Waals surface area contributed by atoms with Gasteiger partial charge in [-0.05, 0) is 47.9 Å². The average Bonchev–Trinajstić information content (AvgIpc) is 2.79. The molecule has 0 aliphatic carbocycles. The molecule has 13 heteroatoms. The number of halogens is 9. The number of carbonyl (C=O) groups excluding carboxylic acids is 2. The molecule has 200 valence electrons. The summed E-state index contributed by atoms with van der Waals surface area (Å²) in [6.45, 7) is 3.20. The molecule has 0 spiro atoms. The largest absolute Gasteiger partial charge is 0.405 e. The first-order valence-corrected chi connectivity index (χ1v) is 11.5. The van der Waals surface area contributed by atoms with Gasteiger partial charge in [0.05, 0.1) is 21.0 Å². The minimum absolute atomic E-state index is 0.00579. The lowest BCUT2D eigenvalue weighted by Gasteiger charge is -2.18. The third-order valence-electron chi connectivity index (χ3n) is 4.94. The molecular formula is C24H19Cl3F6N2O2. The van der Waals surface area contributed by atoms with Gasteiger partial charge in [-0.25, -0.2) is 0 Å². The number of nitrogens with one attached hydrogen (secondary N) is 2. The van der Waals surface area contributed by atoms with Crippen LogP contribution in [0.4, 0.5) is 26.3 Å². The SMILES string of the molecule is C=Cc1cc(C=CC(c2cc(Cl)c(Cl)c(Cl)c2)C(F)(F)F)ccc1C(=O)NC(C)C(=O)NCC(F)(F)F. The average molecular weight is 588 g/mol. The van der Waals surface area contributed by atoms with Crippen LogP contribution in [0.25, 0.3) is 12.2 Å². The van der Waals surface area contributed by atoms with E-state index in [1.54, 1.807) is 5.32 Å². The van der Waals surface area contributed by atoms with Crippen LogP contribution in [0.15, 0.2) is 43.0 Å². The maximum Gasteiger partial charge on any atom is 0.405 e. The molecule has 2 aromatic rings. The Hall–Kier alpha value is -2.69. The molecule has 0 aliphatic rings. The number of amides is 2. The van der Waals surface area contributed by atoms with Gasteiger partial charge in [-0.2, -0.15) is 26.3 Å². The summed E-state index contributed by atoms with van der Waals surface area (Å²) in [7, 11) is 0. The van der Waals surface area contributed by atoms with Gasteiger partial charge in [0.2, 0.25) is 5.91 Å². The van der Waals surface area contributed by atoms with Gasteiger partial charge < -0.3 is 10.6 Å². The second-order valence-corrected chi connectivity index (χ2v) is 8.95. The Labute approximate surface area is 223 Å². The molecule has 0 radical (unpaired) electrons. The molecule has 0 aliphatic heterocycles. The van der Waals surface area contributed by atoms with E-state index >= 15 is 0 Å². The Morgan fingerprint density at radius 3 is 2.14 bits per heavy atom. The second kappa shape index (κ2) is 12.2. The fourth-order valence-electron chi connectivity index (χ4n) is 3.11. The number of hydrogen-bond donors (Lipinski definition) is 2. The zero-order valence-electron chi connectivity index (χ0n) is 18.9. The van der Waals surface area contributed by atoms with Gasteiger partial charge in [0.25, 0.3) is 5.91 Å². The van der Waals surface area contributed by atoms with Gasteiger partial charge in [0, 0.05) is 5.56 Å². The van der Waals surface area contributed by atoms with E-state index in [1.165, 1.54) is 37.3 Å². The van der Waals surface area contributed by atoms with Crippen LogP contribution in [-0.4, -0.2) is 36.8 Å². The highest BCUT2D eigenvalue weighted by atomic mass is 35.5. The molecule has 2 rings (SSSR count). The molecule has 2 aromatic carbocycles. The Kier molecular flexibility index (Phi) is 10.1. The van der Waals surface area contributed by atoms with Gasteiger partial charge in [-0.3, -0.25) is 9.59 Å². The van der Waals surface area contributed by atoms with Crippen molar-refractivity contribution in [2.24, 2.45) is 0 Å². The van der Waals surface area contributed by atoms with Crippen molar-refractivity contribution >= 4 is 58.8 Å². The van der Waals surface area contributed by atoms with E-state index in [9.17, 15) is 35.9 Å². The summed E-state index contributed by atoms with van der Waals surface area (Å²) in [6.07, 6.45) is -5.99. The lowest BCUT2D eigenvalue weighted by molar-refractivity contribution is -0.139. The van der Waals surface area contributed by atoms with Crippen molar-refractivity contribution in [2.45, 2.75) is 31.2 Å². The number of hydrogen-bond acceptors (Lipinski definition) is 2. The quantitative estimate of drug-likeness (QED) is 0.249. The van der Waals surface area contributed by atoms with E-state index in [1.807, 2.05) is 0 Å². The fraction of sp³-hybridized carbons (Fsp3) is 0.250. The normalized spacial score (nSPS) is 13.8. The van der Waals surface area contributed by atoms with Crippen LogP contribution >= 0.6 is 34.8 Å². The summed E-state index contributed by atoms with van der Waals surface area (Å²) in [5.74, 6) is -3.92. The van der Waals surface area contributed by atoms with Crippen LogP contribution in [0.5, 0.6) is 0 Å². The smallest absolute Gasteiger partial charge is 0.345 e. The predicted molar refractivity (Wildman–Crippen MR) is 132 cm³/mol. The van der Waals surface area contributed by atoms with Crippen LogP contribution < -0.4 is 10.6 Å². The van der Waals surface area contributed by atoms with Crippen molar-refractivity contribution in [3.8, 4) is 0 Å². The van der Waals surface area contributed by atoms with Crippen molar-refractivity contribution in [3.63, 3.8) is 0 Å². The monoisotopic (exact) mass is 586 g/mol. The van der Waals surface area contributed by atoms with E-state index in [2.05, 4.69) is 11.9 Å². The summed E-state index contributed by atoms with van der Waals surface area (Å²) in [5, 5.41) is 3.56. The van der Waals surface area contributed by atoms with Gasteiger partial charge in [0.1, 0.15) is 12.6 Å². The van der Waals surface area contributed by atoms with E-state index < -0.39 is 42.7 Å². The van der Waals surface area contributed by atoms with Gasteiger partial charge >= 0.3 is 12.4 Å². The summed E-state index contributed by atoms with van der Waals surface area (Å²) >= 11 is 17.6. The van der Waals surface area contributed by atoms with Crippen LogP contribution in [0.1, 0.15) is 39.9 Å². The third-order valence-corrected chi connectivity index (χ3v) is 6.14. The molecule has 2 unspecified atom stereocenters. The van der Waals surface area contributed by atoms with E-state index in [-0.39, 0.29) is 37.3 Å². The molecule has 2 N–H and O–H groups in total. The Morgan fingerprint density at radius 2 is 1.62 bits per heavy atom. The number of rotatable bonds is 8. The van der Waals surface area contributed by atoms with Crippen LogP contribution in [0.3, 0.4) is 0 Å². The molecule has 4 nitrogen and oxygen atoms in total. The lowest BCUT2D eigenvalue weighted by atomic mass is 9.96. The molecular weight excluding hydrogens is 569 g/mol. The first-order chi connectivity index (χ1) is 17.0. The first-order valence-electron chi connectivity index (χ1n) is 10.3. The zero-order valence-corrected chi connectivity index (χ0v) is 21.2. The van der Waals surface area contributed by atoms with Crippen LogP contribution in [-0.2, 0) is 4.79 Å². The minimum atomic E-state index is -4.69. The minimum Gasteiger partial charge on any atom is -0.345 e. The van der Waals surface area contributed by atoms with E-state index in [0.717, 1.165) is 18.2 Å². The van der Waals surface area contributed by atoms with Crippen molar-refractivity contribution in [2.75, 3.05) is 6.54 Å². The Morgan fingerprint density at radius 1 is 1.03 bits per heavy atom. The number of carbonyl (C=O) groups is 2. The summed E-state index contributed by atoms with van der Waals surface area (Å²) in [6, 6.07) is 4.84. The Bertz CT molecular complexity index is 1190. The highest BCUT2D eigenvalue weighted by Crippen LogP contribution is 2.41. The standard InChI is InChI=1S/C24H19Cl3F6N2O2/c1-3-14-8-13(4-6-16(14)22(37)35-12(2)21(36)34-11-23(28,29)30)5-7-17(24(31,32)33)15-9-18(25)20(27)19(26)10-15/h3-10,12,17H,1,11H2,2H3,(H,34,36)(H,35,37). The highest BCUT2D eigenvalue weighted by Gasteiger charge is 2.39. The summed E-state index contributed by atoms with van der Waals surface area (Å²) in [4.78, 5) is 24.4. The second-order valence-electron chi connectivity index (χ2n) is 7.76. The highest BCUT2D eigenvalue weighted by molar-refractivity contribution is 6.48. The lowest BCUT2D eigenvalue weighted by Crippen LogP contribution is -2.47. The number of alkyl halides is 6. The maximum atomic E-state index is 13.8. The number of allylic oxidation sites excluding steroid dienone is 1. The molecule has 37 heavy (non-hydrogen) atoms. The molecule has 2 atom stereocenters. The fourth-order valence-corrected chi connectivity index (χ4v) is 3.73. The van der Waals surface area contributed by atoms with Gasteiger partial charge in [0.15, 0.2) is 0 Å². The van der Waals surface area contributed by atoms with Crippen LogP contribution in [0, 0.1) is 0 Å². The van der Waals surface area contributed by atoms with Gasteiger partial charge in [-0.1, -0.05) is 65.7 Å².